The molecular weight excluding hydrogens is 276 g/mol. The molecule has 7 heteroatoms. The van der Waals surface area contributed by atoms with E-state index in [0.29, 0.717) is 0 Å². The summed E-state index contributed by atoms with van der Waals surface area (Å²) < 4.78 is 0. The number of carbonyl (C=O) groups is 3. The Morgan fingerprint density at radius 2 is 1.86 bits per heavy atom. The first-order valence-corrected chi connectivity index (χ1v) is 6.42. The van der Waals surface area contributed by atoms with Gasteiger partial charge in [0, 0.05) is 6.42 Å². The molecule has 1 aromatic rings. The highest BCUT2D eigenvalue weighted by Crippen LogP contribution is 2.26. The second-order valence-corrected chi connectivity index (χ2v) is 5.20. The van der Waals surface area contributed by atoms with E-state index in [1.165, 1.54) is 0 Å². The molecule has 1 aliphatic heterocycles. The van der Waals surface area contributed by atoms with E-state index < -0.39 is 29.4 Å². The Kier molecular flexibility index (Phi) is 3.95. The van der Waals surface area contributed by atoms with Crippen molar-refractivity contribution in [2.24, 2.45) is 5.73 Å². The third-order valence-electron chi connectivity index (χ3n) is 3.62. The number of aliphatic carboxylic acids is 2. The molecular formula is C14H16N2O5. The van der Waals surface area contributed by atoms with E-state index in [4.69, 9.17) is 10.8 Å². The first-order valence-electron chi connectivity index (χ1n) is 6.42. The minimum Gasteiger partial charge on any atom is -0.480 e. The molecule has 0 bridgehead atoms. The van der Waals surface area contributed by atoms with E-state index in [2.05, 4.69) is 0 Å². The van der Waals surface area contributed by atoms with Gasteiger partial charge in [-0.1, -0.05) is 30.3 Å². The molecule has 1 saturated heterocycles. The molecule has 4 N–H and O–H groups in total. The summed E-state index contributed by atoms with van der Waals surface area (Å²) in [4.78, 5) is 35.7. The third-order valence-corrected chi connectivity index (χ3v) is 3.62. The number of nitrogens with two attached hydrogens (primary N) is 1. The Bertz CT molecular complexity index is 574. The predicted molar refractivity (Wildman–Crippen MR) is 72.5 cm³/mol. The van der Waals surface area contributed by atoms with E-state index in [9.17, 15) is 19.5 Å². The lowest BCUT2D eigenvalue weighted by Crippen LogP contribution is -2.50. The molecule has 1 heterocycles. The summed E-state index contributed by atoms with van der Waals surface area (Å²) in [6.45, 7) is -0.301. The number of benzene rings is 1. The third kappa shape index (κ3) is 3.03. The van der Waals surface area contributed by atoms with Crippen molar-refractivity contribution in [1.29, 1.82) is 0 Å². The zero-order chi connectivity index (χ0) is 15.6. The second-order valence-electron chi connectivity index (χ2n) is 5.20. The van der Waals surface area contributed by atoms with E-state index >= 15 is 0 Å². The number of hydrogen-bond donors (Lipinski definition) is 3. The summed E-state index contributed by atoms with van der Waals surface area (Å²) in [6, 6.07) is 7.63. The van der Waals surface area contributed by atoms with Crippen molar-refractivity contribution in [3.05, 3.63) is 35.9 Å². The Morgan fingerprint density at radius 1 is 1.24 bits per heavy atom. The Morgan fingerprint density at radius 3 is 2.38 bits per heavy atom. The van der Waals surface area contributed by atoms with Crippen molar-refractivity contribution in [1.82, 2.24) is 4.90 Å². The Hall–Kier alpha value is -2.41. The lowest BCUT2D eigenvalue weighted by atomic mass is 9.98. The molecule has 21 heavy (non-hydrogen) atoms. The standard InChI is InChI=1S/C14H16N2O5/c15-14(13(20)21)7-10(12(18)19)16(8-14)11(17)6-9-4-2-1-3-5-9/h1-5,10H,6-8,15H2,(H,18,19)(H,20,21). The van der Waals surface area contributed by atoms with Gasteiger partial charge in [-0.2, -0.15) is 0 Å². The van der Waals surface area contributed by atoms with Crippen LogP contribution in [-0.4, -0.2) is 51.1 Å². The molecule has 1 fully saturated rings. The van der Waals surface area contributed by atoms with Crippen LogP contribution in [0.3, 0.4) is 0 Å². The number of rotatable bonds is 4. The summed E-state index contributed by atoms with van der Waals surface area (Å²) in [5, 5.41) is 18.3. The van der Waals surface area contributed by atoms with Crippen LogP contribution in [0, 0.1) is 0 Å². The van der Waals surface area contributed by atoms with Gasteiger partial charge < -0.3 is 20.8 Å². The molecule has 1 aliphatic rings. The second kappa shape index (κ2) is 5.53. The molecule has 0 radical (unpaired) electrons. The Balaban J connectivity index is 2.18. The average Bonchev–Trinajstić information content (AvgIpc) is 2.80. The fourth-order valence-corrected chi connectivity index (χ4v) is 2.44. The number of nitrogens with zero attached hydrogens (tertiary/aromatic N) is 1. The zero-order valence-electron chi connectivity index (χ0n) is 11.2. The lowest BCUT2D eigenvalue weighted by molar-refractivity contribution is -0.148. The smallest absolute Gasteiger partial charge is 0.326 e. The highest BCUT2D eigenvalue weighted by Gasteiger charge is 2.51. The monoisotopic (exact) mass is 292 g/mol. The van der Waals surface area contributed by atoms with Crippen LogP contribution in [0.1, 0.15) is 12.0 Å². The minimum absolute atomic E-state index is 0.0142. The predicted octanol–water partition coefficient (Wildman–Crippen LogP) is -0.303. The fraction of sp³-hybridized carbons (Fsp3) is 0.357. The fourth-order valence-electron chi connectivity index (χ4n) is 2.44. The van der Waals surface area contributed by atoms with Crippen LogP contribution in [0.15, 0.2) is 30.3 Å². The largest absolute Gasteiger partial charge is 0.480 e. The van der Waals surface area contributed by atoms with E-state index in [-0.39, 0.29) is 19.4 Å². The van der Waals surface area contributed by atoms with Crippen LogP contribution in [0.5, 0.6) is 0 Å². The minimum atomic E-state index is -1.71. The topological polar surface area (TPSA) is 121 Å². The van der Waals surface area contributed by atoms with Crippen LogP contribution in [-0.2, 0) is 20.8 Å². The van der Waals surface area contributed by atoms with Crippen LogP contribution in [0.4, 0.5) is 0 Å². The van der Waals surface area contributed by atoms with Gasteiger partial charge in [0.2, 0.25) is 5.91 Å². The quantitative estimate of drug-likeness (QED) is 0.700. The molecule has 0 aliphatic carbocycles. The maximum absolute atomic E-state index is 12.3. The number of likely N-dealkylation sites (tertiary alicyclic amines) is 1. The molecule has 0 saturated carbocycles. The van der Waals surface area contributed by atoms with Crippen LogP contribution in [0.2, 0.25) is 0 Å². The first kappa shape index (κ1) is 15.0. The van der Waals surface area contributed by atoms with Gasteiger partial charge in [0.05, 0.1) is 13.0 Å². The van der Waals surface area contributed by atoms with Crippen molar-refractivity contribution in [3.63, 3.8) is 0 Å². The van der Waals surface area contributed by atoms with Gasteiger partial charge >= 0.3 is 11.9 Å². The molecule has 1 aromatic carbocycles. The molecule has 112 valence electrons. The van der Waals surface area contributed by atoms with Crippen LogP contribution in [0.25, 0.3) is 0 Å². The number of hydrogen-bond acceptors (Lipinski definition) is 4. The molecule has 0 aromatic heterocycles. The summed E-state index contributed by atoms with van der Waals surface area (Å²) in [6.07, 6.45) is -0.279. The molecule has 2 atom stereocenters. The summed E-state index contributed by atoms with van der Waals surface area (Å²) in [5.74, 6) is -2.99. The van der Waals surface area contributed by atoms with Gasteiger partial charge in [-0.15, -0.1) is 0 Å². The summed E-state index contributed by atoms with van der Waals surface area (Å²) in [5.41, 5.74) is 4.71. The molecule has 2 unspecified atom stereocenters. The van der Waals surface area contributed by atoms with Crippen molar-refractivity contribution in [2.75, 3.05) is 6.54 Å². The maximum atomic E-state index is 12.3. The normalized spacial score (nSPS) is 24.8. The summed E-state index contributed by atoms with van der Waals surface area (Å²) in [7, 11) is 0. The van der Waals surface area contributed by atoms with Crippen LogP contribution >= 0.6 is 0 Å². The number of carbonyl (C=O) groups excluding carboxylic acids is 1. The van der Waals surface area contributed by atoms with E-state index in [0.717, 1.165) is 10.5 Å². The van der Waals surface area contributed by atoms with Crippen molar-refractivity contribution < 1.29 is 24.6 Å². The molecule has 2 rings (SSSR count). The average molecular weight is 292 g/mol. The highest BCUT2D eigenvalue weighted by atomic mass is 16.4. The van der Waals surface area contributed by atoms with E-state index in [1.54, 1.807) is 30.3 Å². The van der Waals surface area contributed by atoms with Crippen molar-refractivity contribution in [3.8, 4) is 0 Å². The maximum Gasteiger partial charge on any atom is 0.326 e. The van der Waals surface area contributed by atoms with E-state index in [1.807, 2.05) is 0 Å². The van der Waals surface area contributed by atoms with Crippen molar-refractivity contribution in [2.45, 2.75) is 24.4 Å². The molecule has 7 nitrogen and oxygen atoms in total. The number of amides is 1. The summed E-state index contributed by atoms with van der Waals surface area (Å²) >= 11 is 0. The number of carboxylic acid groups (broad SMARTS) is 2. The van der Waals surface area contributed by atoms with Gasteiger partial charge in [0.15, 0.2) is 0 Å². The zero-order valence-corrected chi connectivity index (χ0v) is 11.2. The number of carboxylic acids is 2. The van der Waals surface area contributed by atoms with Gasteiger partial charge in [-0.25, -0.2) is 4.79 Å². The van der Waals surface area contributed by atoms with Gasteiger partial charge in [0.1, 0.15) is 11.6 Å². The van der Waals surface area contributed by atoms with Gasteiger partial charge in [-0.3, -0.25) is 9.59 Å². The molecule has 1 amide bonds. The molecule has 0 spiro atoms. The van der Waals surface area contributed by atoms with Crippen LogP contribution < -0.4 is 5.73 Å². The van der Waals surface area contributed by atoms with Gasteiger partial charge in [0.25, 0.3) is 0 Å². The SMILES string of the molecule is NC1(C(=O)O)CC(C(=O)O)N(C(=O)Cc2ccccc2)C1. The lowest BCUT2D eigenvalue weighted by Gasteiger charge is -2.22. The first-order chi connectivity index (χ1) is 9.83. The Labute approximate surface area is 121 Å². The highest BCUT2D eigenvalue weighted by molar-refractivity contribution is 5.90. The van der Waals surface area contributed by atoms with Crippen molar-refractivity contribution >= 4 is 17.8 Å². The van der Waals surface area contributed by atoms with Gasteiger partial charge in [-0.05, 0) is 5.56 Å².